The molecule has 2 atom stereocenters. The Kier molecular flexibility index (Phi) is 5.99. The lowest BCUT2D eigenvalue weighted by molar-refractivity contribution is -0.125. The molecule has 0 bridgehead atoms. The van der Waals surface area contributed by atoms with E-state index in [2.05, 4.69) is 6.92 Å². The Bertz CT molecular complexity index is 181. The van der Waals surface area contributed by atoms with Gasteiger partial charge in [-0.15, -0.1) is 0 Å². The lowest BCUT2D eigenvalue weighted by Crippen LogP contribution is -2.45. The fourth-order valence-corrected chi connectivity index (χ4v) is 4.07. The molecule has 0 saturated heterocycles. The van der Waals surface area contributed by atoms with Crippen molar-refractivity contribution in [2.24, 2.45) is 5.73 Å². The van der Waals surface area contributed by atoms with Gasteiger partial charge in [-0.05, 0) is 26.4 Å². The second-order valence-corrected chi connectivity index (χ2v) is 6.77. The van der Waals surface area contributed by atoms with Crippen molar-refractivity contribution in [2.45, 2.75) is 45.9 Å². The summed E-state index contributed by atoms with van der Waals surface area (Å²) in [6.07, 6.45) is 0.443. The standard InChI is InChI=1S/C9H21NO3Si/c1-5-7-14(4,12-6-2)13-8(3)9(10)11/h8H,5-7H2,1-4H3,(H2,10,11). The zero-order valence-corrected chi connectivity index (χ0v) is 10.5. The van der Waals surface area contributed by atoms with Crippen LogP contribution in [0.1, 0.15) is 27.2 Å². The Hall–Kier alpha value is -0.393. The number of rotatable bonds is 7. The molecule has 4 nitrogen and oxygen atoms in total. The maximum atomic E-state index is 10.8. The first-order chi connectivity index (χ1) is 6.45. The average molecular weight is 219 g/mol. The van der Waals surface area contributed by atoms with E-state index >= 15 is 0 Å². The lowest BCUT2D eigenvalue weighted by Gasteiger charge is -2.28. The summed E-state index contributed by atoms with van der Waals surface area (Å²) in [5.41, 5.74) is 5.14. The van der Waals surface area contributed by atoms with E-state index < -0.39 is 20.6 Å². The van der Waals surface area contributed by atoms with E-state index in [0.717, 1.165) is 12.5 Å². The minimum absolute atomic E-state index is 0.431. The zero-order chi connectivity index (χ0) is 11.2. The predicted molar refractivity (Wildman–Crippen MR) is 58.1 cm³/mol. The van der Waals surface area contributed by atoms with Crippen LogP contribution in [0.4, 0.5) is 0 Å². The first-order valence-corrected chi connectivity index (χ1v) is 7.58. The predicted octanol–water partition coefficient (Wildman–Crippen LogP) is 1.40. The summed E-state index contributed by atoms with van der Waals surface area (Å²) < 4.78 is 11.2. The molecule has 0 aromatic heterocycles. The molecule has 5 heteroatoms. The summed E-state index contributed by atoms with van der Waals surface area (Å²) in [7, 11) is -2.18. The van der Waals surface area contributed by atoms with Crippen molar-refractivity contribution >= 4 is 14.5 Å². The highest BCUT2D eigenvalue weighted by Gasteiger charge is 2.33. The molecule has 0 spiro atoms. The van der Waals surface area contributed by atoms with Crippen molar-refractivity contribution in [3.05, 3.63) is 0 Å². The summed E-state index contributed by atoms with van der Waals surface area (Å²) in [5, 5.41) is 0. The molecule has 84 valence electrons. The van der Waals surface area contributed by atoms with E-state index in [9.17, 15) is 4.79 Å². The molecule has 0 radical (unpaired) electrons. The minimum Gasteiger partial charge on any atom is -0.395 e. The van der Waals surface area contributed by atoms with Crippen LogP contribution in [-0.2, 0) is 13.6 Å². The Balaban J connectivity index is 4.27. The van der Waals surface area contributed by atoms with Crippen molar-refractivity contribution in [1.29, 1.82) is 0 Å². The van der Waals surface area contributed by atoms with Crippen molar-refractivity contribution in [3.8, 4) is 0 Å². The van der Waals surface area contributed by atoms with Crippen molar-refractivity contribution in [2.75, 3.05) is 6.61 Å². The normalized spacial score (nSPS) is 17.4. The van der Waals surface area contributed by atoms with E-state index in [1.54, 1.807) is 6.92 Å². The molecule has 2 unspecified atom stereocenters. The Labute approximate surface area is 87.0 Å². The molecule has 0 saturated carbocycles. The third-order valence-corrected chi connectivity index (χ3v) is 5.14. The number of nitrogens with two attached hydrogens (primary N) is 1. The van der Waals surface area contributed by atoms with Gasteiger partial charge in [0.15, 0.2) is 0 Å². The molecular formula is C9H21NO3Si. The van der Waals surface area contributed by atoms with E-state index in [0.29, 0.717) is 6.61 Å². The summed E-state index contributed by atoms with van der Waals surface area (Å²) in [6, 6.07) is 0.887. The second kappa shape index (κ2) is 6.16. The van der Waals surface area contributed by atoms with Crippen LogP contribution in [0.15, 0.2) is 0 Å². The van der Waals surface area contributed by atoms with Gasteiger partial charge < -0.3 is 14.6 Å². The fraction of sp³-hybridized carbons (Fsp3) is 0.889. The van der Waals surface area contributed by atoms with Gasteiger partial charge in [0.1, 0.15) is 6.10 Å². The topological polar surface area (TPSA) is 61.6 Å². The summed E-state index contributed by atoms with van der Waals surface area (Å²) >= 11 is 0. The van der Waals surface area contributed by atoms with Gasteiger partial charge >= 0.3 is 8.56 Å². The number of hydrogen-bond acceptors (Lipinski definition) is 3. The van der Waals surface area contributed by atoms with Crippen LogP contribution in [-0.4, -0.2) is 27.2 Å². The van der Waals surface area contributed by atoms with Gasteiger partial charge in [0.05, 0.1) is 0 Å². The SMILES string of the molecule is CCC[Si](C)(OCC)OC(C)C(N)=O. The maximum Gasteiger partial charge on any atom is 0.335 e. The highest BCUT2D eigenvalue weighted by Crippen LogP contribution is 2.17. The molecule has 2 N–H and O–H groups in total. The van der Waals surface area contributed by atoms with Crippen LogP contribution in [0.25, 0.3) is 0 Å². The number of primary amides is 1. The van der Waals surface area contributed by atoms with Crippen LogP contribution in [0.2, 0.25) is 12.6 Å². The molecule has 0 aromatic rings. The van der Waals surface area contributed by atoms with Crippen LogP contribution >= 0.6 is 0 Å². The van der Waals surface area contributed by atoms with Gasteiger partial charge in [-0.2, -0.15) is 0 Å². The van der Waals surface area contributed by atoms with Crippen molar-refractivity contribution in [3.63, 3.8) is 0 Å². The number of hydrogen-bond donors (Lipinski definition) is 1. The average Bonchev–Trinajstić information content (AvgIpc) is 2.04. The number of carbonyl (C=O) groups is 1. The smallest absolute Gasteiger partial charge is 0.335 e. The number of amides is 1. The molecule has 0 fully saturated rings. The maximum absolute atomic E-state index is 10.8. The highest BCUT2D eigenvalue weighted by atomic mass is 28.4. The first-order valence-electron chi connectivity index (χ1n) is 5.06. The molecule has 0 aromatic carbocycles. The van der Waals surface area contributed by atoms with Crippen LogP contribution in [0, 0.1) is 0 Å². The van der Waals surface area contributed by atoms with E-state index in [-0.39, 0.29) is 0 Å². The second-order valence-electron chi connectivity index (χ2n) is 3.48. The van der Waals surface area contributed by atoms with Crippen LogP contribution in [0.3, 0.4) is 0 Å². The van der Waals surface area contributed by atoms with E-state index in [1.165, 1.54) is 0 Å². The minimum atomic E-state index is -2.18. The van der Waals surface area contributed by atoms with Gasteiger partial charge in [0.2, 0.25) is 5.91 Å². The molecule has 0 rings (SSSR count). The molecule has 0 aliphatic heterocycles. The Morgan fingerprint density at radius 1 is 1.50 bits per heavy atom. The third-order valence-electron chi connectivity index (χ3n) is 1.98. The van der Waals surface area contributed by atoms with Crippen molar-refractivity contribution < 1.29 is 13.6 Å². The monoisotopic (exact) mass is 219 g/mol. The number of carbonyl (C=O) groups excluding carboxylic acids is 1. The molecule has 1 amide bonds. The van der Waals surface area contributed by atoms with E-state index in [1.807, 2.05) is 13.5 Å². The first kappa shape index (κ1) is 13.6. The Morgan fingerprint density at radius 2 is 2.07 bits per heavy atom. The molecule has 0 heterocycles. The summed E-state index contributed by atoms with van der Waals surface area (Å²) in [6.45, 7) is 8.26. The molecule has 0 aliphatic carbocycles. The fourth-order valence-electron chi connectivity index (χ4n) is 1.36. The zero-order valence-electron chi connectivity index (χ0n) is 9.50. The largest absolute Gasteiger partial charge is 0.395 e. The quantitative estimate of drug-likeness (QED) is 0.658. The highest BCUT2D eigenvalue weighted by molar-refractivity contribution is 6.66. The van der Waals surface area contributed by atoms with Crippen molar-refractivity contribution in [1.82, 2.24) is 0 Å². The summed E-state index contributed by atoms with van der Waals surface area (Å²) in [5.74, 6) is -0.431. The van der Waals surface area contributed by atoms with Crippen LogP contribution in [0.5, 0.6) is 0 Å². The molecule has 0 aliphatic rings. The molecule has 14 heavy (non-hydrogen) atoms. The van der Waals surface area contributed by atoms with Gasteiger partial charge in [-0.3, -0.25) is 4.79 Å². The molecular weight excluding hydrogens is 198 g/mol. The van der Waals surface area contributed by atoms with E-state index in [4.69, 9.17) is 14.6 Å². The van der Waals surface area contributed by atoms with Gasteiger partial charge in [0, 0.05) is 6.61 Å². The Morgan fingerprint density at radius 3 is 2.43 bits per heavy atom. The third kappa shape index (κ3) is 4.73. The lowest BCUT2D eigenvalue weighted by atomic mass is 10.4. The van der Waals surface area contributed by atoms with Gasteiger partial charge in [-0.1, -0.05) is 13.3 Å². The van der Waals surface area contributed by atoms with Gasteiger partial charge in [0.25, 0.3) is 0 Å². The van der Waals surface area contributed by atoms with Gasteiger partial charge in [-0.25, -0.2) is 0 Å². The summed E-state index contributed by atoms with van der Waals surface area (Å²) in [4.78, 5) is 10.8. The van der Waals surface area contributed by atoms with Crippen LogP contribution < -0.4 is 5.73 Å².